The minimum absolute atomic E-state index is 0.119. The summed E-state index contributed by atoms with van der Waals surface area (Å²) >= 11 is 25.8. The van der Waals surface area contributed by atoms with Crippen molar-refractivity contribution in [3.63, 3.8) is 0 Å². The van der Waals surface area contributed by atoms with Crippen molar-refractivity contribution in [2.24, 2.45) is 0 Å². The average Bonchev–Trinajstić information content (AvgIpc) is 3.02. The highest BCUT2D eigenvalue weighted by Gasteiger charge is 2.07. The molecule has 0 aromatic rings. The summed E-state index contributed by atoms with van der Waals surface area (Å²) in [6, 6.07) is 0. The van der Waals surface area contributed by atoms with Crippen molar-refractivity contribution < 1.29 is 28.8 Å². The van der Waals surface area contributed by atoms with Gasteiger partial charge in [0.15, 0.2) is 15.3 Å². The van der Waals surface area contributed by atoms with Gasteiger partial charge >= 0.3 is 0 Å². The molecule has 0 aliphatic carbocycles. The molecule has 45 heavy (non-hydrogen) atoms. The summed E-state index contributed by atoms with van der Waals surface area (Å²) in [6.45, 7) is 0. The molecular formula is C22H40O6S17. The van der Waals surface area contributed by atoms with Gasteiger partial charge in [0, 0.05) is 78.2 Å². The number of rotatable bonds is 35. The standard InChI is InChI=1S/C22H40O6S17/c23-6-33-12-38-16-42-20(25)3-30-9-35-8-29-1-2-45(28)19-41-15-37-14-40-18-44-22(27)5-32-11-36-10-31-4-21(26)43-17-39-13-34-7-24/h23-24H,1-19H2. The lowest BCUT2D eigenvalue weighted by molar-refractivity contribution is -0.109. The quantitative estimate of drug-likeness (QED) is 0.0468. The number of aliphatic hydroxyl groups excluding tert-OH is 2. The zero-order valence-corrected chi connectivity index (χ0v) is 38.3. The van der Waals surface area contributed by atoms with Gasteiger partial charge < -0.3 is 10.2 Å². The van der Waals surface area contributed by atoms with E-state index in [1.807, 2.05) is 0 Å². The van der Waals surface area contributed by atoms with Gasteiger partial charge in [-0.15, -0.1) is 141 Å². The molecule has 0 rings (SSSR count). The molecule has 1 atom stereocenters. The molecule has 0 radical (unpaired) electrons. The van der Waals surface area contributed by atoms with Crippen LogP contribution < -0.4 is 0 Å². The van der Waals surface area contributed by atoms with E-state index in [4.69, 9.17) is 10.2 Å². The van der Waals surface area contributed by atoms with Crippen LogP contribution in [0, 0.1) is 0 Å². The van der Waals surface area contributed by atoms with E-state index in [2.05, 4.69) is 0 Å². The fourth-order valence-corrected chi connectivity index (χ4v) is 21.3. The Labute approximate surface area is 340 Å². The Morgan fingerprint density at radius 1 is 0.422 bits per heavy atom. The molecule has 0 saturated heterocycles. The van der Waals surface area contributed by atoms with Crippen LogP contribution in [0.5, 0.6) is 0 Å². The van der Waals surface area contributed by atoms with Crippen molar-refractivity contribution in [3.05, 3.63) is 0 Å². The maximum atomic E-state index is 12.2. The second-order valence-electron chi connectivity index (χ2n) is 7.16. The predicted molar refractivity (Wildman–Crippen MR) is 242 cm³/mol. The van der Waals surface area contributed by atoms with Crippen molar-refractivity contribution in [1.29, 1.82) is 0 Å². The molecule has 6 nitrogen and oxygen atoms in total. The highest BCUT2D eigenvalue weighted by molar-refractivity contribution is 8.31. The van der Waals surface area contributed by atoms with E-state index in [9.17, 15) is 18.6 Å². The van der Waals surface area contributed by atoms with Gasteiger partial charge in [0.2, 0.25) is 0 Å². The van der Waals surface area contributed by atoms with Crippen LogP contribution in [0.15, 0.2) is 0 Å². The van der Waals surface area contributed by atoms with Crippen LogP contribution in [-0.2, 0) is 25.2 Å². The first-order valence-corrected chi connectivity index (χ1v) is 32.0. The predicted octanol–water partition coefficient (Wildman–Crippen LogP) is 8.44. The first-order chi connectivity index (χ1) is 22.0. The van der Waals surface area contributed by atoms with Crippen LogP contribution in [0.2, 0.25) is 0 Å². The largest absolute Gasteiger partial charge is 0.386 e. The molecule has 0 aliphatic heterocycles. The van der Waals surface area contributed by atoms with Crippen molar-refractivity contribution in [3.8, 4) is 0 Å². The zero-order chi connectivity index (χ0) is 33.1. The van der Waals surface area contributed by atoms with Crippen LogP contribution in [0.1, 0.15) is 0 Å². The third-order valence-electron chi connectivity index (χ3n) is 3.76. The van der Waals surface area contributed by atoms with E-state index in [-0.39, 0.29) is 27.2 Å². The highest BCUT2D eigenvalue weighted by atomic mass is 32.3. The molecule has 1 unspecified atom stereocenters. The lowest BCUT2D eigenvalue weighted by Gasteiger charge is -2.04. The molecule has 0 fully saturated rings. The summed E-state index contributed by atoms with van der Waals surface area (Å²) in [5.74, 6) is 3.40. The summed E-state index contributed by atoms with van der Waals surface area (Å²) < 4.78 is 12.2. The first-order valence-electron chi connectivity index (χ1n) is 12.5. The molecule has 23 heteroatoms. The van der Waals surface area contributed by atoms with Gasteiger partial charge in [-0.3, -0.25) is 18.6 Å². The van der Waals surface area contributed by atoms with E-state index in [0.29, 0.717) is 28.1 Å². The number of hydrogen-bond acceptors (Lipinski definition) is 22. The Balaban J connectivity index is 3.36. The molecule has 0 aromatic heterocycles. The molecular weight excluding hydrogens is 905 g/mol. The molecule has 0 amide bonds. The van der Waals surface area contributed by atoms with E-state index < -0.39 is 10.8 Å². The number of carbonyl (C=O) groups excluding carboxylic acids is 3. The zero-order valence-electron chi connectivity index (χ0n) is 24.4. The molecule has 0 aromatic carbocycles. The van der Waals surface area contributed by atoms with Crippen LogP contribution in [-0.4, -0.2) is 131 Å². The lowest BCUT2D eigenvalue weighted by Crippen LogP contribution is -2.02. The molecule has 0 saturated carbocycles. The Kier molecular flexibility index (Phi) is 45.7. The van der Waals surface area contributed by atoms with Gasteiger partial charge in [0.1, 0.15) is 0 Å². The monoisotopic (exact) mass is 944 g/mol. The minimum atomic E-state index is -0.802. The lowest BCUT2D eigenvalue weighted by atomic mass is 10.9. The molecule has 0 bridgehead atoms. The van der Waals surface area contributed by atoms with E-state index in [1.165, 1.54) is 58.8 Å². The topological polar surface area (TPSA) is 109 Å². The fraction of sp³-hybridized carbons (Fsp3) is 0.864. The van der Waals surface area contributed by atoms with Crippen LogP contribution >= 0.6 is 188 Å². The number of thioether (sulfide) groups is 16. The smallest absolute Gasteiger partial charge is 0.199 e. The molecule has 0 spiro atoms. The van der Waals surface area contributed by atoms with Crippen LogP contribution in [0.3, 0.4) is 0 Å². The molecule has 266 valence electrons. The van der Waals surface area contributed by atoms with Gasteiger partial charge in [-0.1, -0.05) is 35.3 Å². The fourth-order valence-electron chi connectivity index (χ4n) is 1.97. The third kappa shape index (κ3) is 41.3. The number of carbonyl (C=O) groups is 3. The van der Waals surface area contributed by atoms with Crippen molar-refractivity contribution in [2.75, 3.05) is 102 Å². The van der Waals surface area contributed by atoms with Crippen molar-refractivity contribution >= 4 is 214 Å². The van der Waals surface area contributed by atoms with Gasteiger partial charge in [0.25, 0.3) is 0 Å². The van der Waals surface area contributed by atoms with Crippen LogP contribution in [0.25, 0.3) is 0 Å². The Morgan fingerprint density at radius 3 is 1.18 bits per heavy atom. The first kappa shape index (κ1) is 49.7. The van der Waals surface area contributed by atoms with Crippen molar-refractivity contribution in [2.45, 2.75) is 0 Å². The van der Waals surface area contributed by atoms with Gasteiger partial charge in [-0.25, -0.2) is 0 Å². The highest BCUT2D eigenvalue weighted by Crippen LogP contribution is 2.26. The minimum Gasteiger partial charge on any atom is -0.386 e. The summed E-state index contributed by atoms with van der Waals surface area (Å²) in [7, 11) is -0.802. The molecule has 2 N–H and O–H groups in total. The third-order valence-corrected chi connectivity index (χ3v) is 24.7. The van der Waals surface area contributed by atoms with Gasteiger partial charge in [-0.2, -0.15) is 11.8 Å². The van der Waals surface area contributed by atoms with E-state index >= 15 is 0 Å². The van der Waals surface area contributed by atoms with Gasteiger partial charge in [0.05, 0.1) is 34.2 Å². The summed E-state index contributed by atoms with van der Waals surface area (Å²) in [4.78, 5) is 35.6. The molecule has 0 aliphatic rings. The average molecular weight is 946 g/mol. The summed E-state index contributed by atoms with van der Waals surface area (Å²) in [6.07, 6.45) is 0. The van der Waals surface area contributed by atoms with E-state index in [1.54, 1.807) is 129 Å². The number of hydrogen-bond donors (Lipinski definition) is 2. The van der Waals surface area contributed by atoms with E-state index in [0.717, 1.165) is 61.7 Å². The second-order valence-corrected chi connectivity index (χ2v) is 29.1. The second kappa shape index (κ2) is 41.4. The Morgan fingerprint density at radius 2 is 0.756 bits per heavy atom. The van der Waals surface area contributed by atoms with Crippen molar-refractivity contribution in [1.82, 2.24) is 0 Å². The summed E-state index contributed by atoms with van der Waals surface area (Å²) in [5, 5.41) is 27.9. The summed E-state index contributed by atoms with van der Waals surface area (Å²) in [5.41, 5.74) is 0. The maximum absolute atomic E-state index is 12.2. The maximum Gasteiger partial charge on any atom is 0.199 e. The SMILES string of the molecule is O=C(CSCSCSCCS(=O)CSCSCSCSC(=O)CSCSCSCC(=O)SCSCSCO)SCSCSCO. The Bertz CT molecular complexity index is 742. The number of aliphatic hydroxyl groups is 2. The van der Waals surface area contributed by atoms with Gasteiger partial charge in [-0.05, 0) is 0 Å². The van der Waals surface area contributed by atoms with Crippen LogP contribution in [0.4, 0.5) is 0 Å². The Hall–Kier alpha value is 4.68. The normalized spacial score (nSPS) is 12.0. The molecule has 0 heterocycles.